The van der Waals surface area contributed by atoms with Gasteiger partial charge in [-0.2, -0.15) is 0 Å². The monoisotopic (exact) mass is 286 g/mol. The number of fused-ring (bicyclic) bond motifs is 1. The molecular weight excluding hydrogens is 268 g/mol. The van der Waals surface area contributed by atoms with Crippen molar-refractivity contribution in [1.29, 1.82) is 0 Å². The lowest BCUT2D eigenvalue weighted by Crippen LogP contribution is -2.37. The van der Waals surface area contributed by atoms with Crippen LogP contribution in [0.3, 0.4) is 0 Å². The van der Waals surface area contributed by atoms with Crippen molar-refractivity contribution in [2.75, 3.05) is 0 Å². The van der Waals surface area contributed by atoms with E-state index >= 15 is 0 Å². The third-order valence-electron chi connectivity index (χ3n) is 3.58. The second-order valence-corrected chi connectivity index (χ2v) is 5.85. The summed E-state index contributed by atoms with van der Waals surface area (Å²) in [5.74, 6) is 6.71. The first kappa shape index (κ1) is 13.4. The fourth-order valence-corrected chi connectivity index (χ4v) is 3.45. The first-order valence-electron chi connectivity index (χ1n) is 6.80. The fourth-order valence-electron chi connectivity index (χ4n) is 2.47. The van der Waals surface area contributed by atoms with Crippen LogP contribution >= 0.6 is 11.3 Å². The lowest BCUT2D eigenvalue weighted by molar-refractivity contribution is 0.448. The Labute approximate surface area is 122 Å². The first-order chi connectivity index (χ1) is 9.86. The zero-order chi connectivity index (χ0) is 13.8. The molecule has 4 heteroatoms. The van der Waals surface area contributed by atoms with E-state index in [0.29, 0.717) is 0 Å². The minimum absolute atomic E-state index is 0.262. The number of hydrogen-bond acceptors (Lipinski definition) is 4. The first-order valence-corrected chi connectivity index (χ1v) is 7.68. The minimum Gasteiger partial charge on any atom is -0.469 e. The van der Waals surface area contributed by atoms with Crippen molar-refractivity contribution in [2.45, 2.75) is 25.3 Å². The summed E-state index contributed by atoms with van der Waals surface area (Å²) in [5.41, 5.74) is 4.30. The van der Waals surface area contributed by atoms with Gasteiger partial charge in [-0.1, -0.05) is 18.2 Å². The number of nitrogens with two attached hydrogens (primary N) is 1. The summed E-state index contributed by atoms with van der Waals surface area (Å²) in [4.78, 5) is 0. The molecule has 0 aliphatic rings. The predicted molar refractivity (Wildman–Crippen MR) is 83.7 cm³/mol. The maximum absolute atomic E-state index is 5.70. The van der Waals surface area contributed by atoms with Gasteiger partial charge in [0.25, 0.3) is 0 Å². The van der Waals surface area contributed by atoms with Gasteiger partial charge in [0, 0.05) is 17.2 Å². The second-order valence-electron chi connectivity index (χ2n) is 4.94. The molecule has 1 atom stereocenters. The van der Waals surface area contributed by atoms with Crippen LogP contribution in [0.1, 0.15) is 17.7 Å². The standard InChI is InChI=1S/C16H18N2OS/c17-18-13(7-8-14-4-3-9-19-14)10-12-11-20-16-6-2-1-5-15(12)16/h1-6,9,11,13,18H,7-8,10,17H2. The van der Waals surface area contributed by atoms with Crippen LogP contribution in [0.25, 0.3) is 10.1 Å². The largest absolute Gasteiger partial charge is 0.469 e. The Kier molecular flexibility index (Phi) is 4.16. The van der Waals surface area contributed by atoms with E-state index in [1.165, 1.54) is 15.6 Å². The van der Waals surface area contributed by atoms with E-state index in [4.69, 9.17) is 10.3 Å². The summed E-state index contributed by atoms with van der Waals surface area (Å²) in [5, 5.41) is 3.58. The van der Waals surface area contributed by atoms with Crippen LogP contribution in [0.5, 0.6) is 0 Å². The third-order valence-corrected chi connectivity index (χ3v) is 4.59. The van der Waals surface area contributed by atoms with Gasteiger partial charge in [-0.05, 0) is 47.4 Å². The van der Waals surface area contributed by atoms with Crippen molar-refractivity contribution in [3.8, 4) is 0 Å². The molecule has 0 fully saturated rings. The fraction of sp³-hybridized carbons (Fsp3) is 0.250. The van der Waals surface area contributed by atoms with Gasteiger partial charge >= 0.3 is 0 Å². The number of rotatable bonds is 6. The maximum Gasteiger partial charge on any atom is 0.103 e. The van der Waals surface area contributed by atoms with Crippen LogP contribution in [-0.4, -0.2) is 6.04 Å². The molecule has 104 valence electrons. The van der Waals surface area contributed by atoms with Crippen molar-refractivity contribution >= 4 is 21.4 Å². The van der Waals surface area contributed by atoms with Crippen LogP contribution in [0.15, 0.2) is 52.5 Å². The number of aryl methyl sites for hydroxylation is 1. The van der Waals surface area contributed by atoms with Gasteiger partial charge in [0.1, 0.15) is 5.76 Å². The molecule has 0 saturated heterocycles. The quantitative estimate of drug-likeness (QED) is 0.538. The van der Waals surface area contributed by atoms with E-state index in [2.05, 4.69) is 35.1 Å². The van der Waals surface area contributed by atoms with Crippen LogP contribution in [0.2, 0.25) is 0 Å². The minimum atomic E-state index is 0.262. The van der Waals surface area contributed by atoms with E-state index < -0.39 is 0 Å². The van der Waals surface area contributed by atoms with E-state index in [1.807, 2.05) is 12.1 Å². The van der Waals surface area contributed by atoms with Crippen molar-refractivity contribution < 1.29 is 4.42 Å². The topological polar surface area (TPSA) is 51.2 Å². The van der Waals surface area contributed by atoms with Crippen molar-refractivity contribution in [3.63, 3.8) is 0 Å². The third kappa shape index (κ3) is 2.93. The van der Waals surface area contributed by atoms with Crippen molar-refractivity contribution in [1.82, 2.24) is 5.43 Å². The van der Waals surface area contributed by atoms with Gasteiger partial charge in [0.05, 0.1) is 6.26 Å². The molecule has 3 nitrogen and oxygen atoms in total. The average Bonchev–Trinajstić information content (AvgIpc) is 3.13. The van der Waals surface area contributed by atoms with E-state index in [9.17, 15) is 0 Å². The lowest BCUT2D eigenvalue weighted by Gasteiger charge is -2.14. The van der Waals surface area contributed by atoms with Crippen LogP contribution in [-0.2, 0) is 12.8 Å². The summed E-state index contributed by atoms with van der Waals surface area (Å²) < 4.78 is 6.70. The molecule has 0 spiro atoms. The predicted octanol–water partition coefficient (Wildman–Crippen LogP) is 3.50. The molecule has 0 saturated carbocycles. The van der Waals surface area contributed by atoms with Crippen molar-refractivity contribution in [2.24, 2.45) is 5.84 Å². The molecule has 2 aromatic heterocycles. The highest BCUT2D eigenvalue weighted by atomic mass is 32.1. The van der Waals surface area contributed by atoms with Crippen molar-refractivity contribution in [3.05, 3.63) is 59.4 Å². The average molecular weight is 286 g/mol. The zero-order valence-corrected chi connectivity index (χ0v) is 12.0. The number of benzene rings is 1. The van der Waals surface area contributed by atoms with Crippen LogP contribution in [0.4, 0.5) is 0 Å². The Hall–Kier alpha value is -1.62. The summed E-state index contributed by atoms with van der Waals surface area (Å²) in [6.07, 6.45) is 4.53. The second kappa shape index (κ2) is 6.22. The molecule has 0 aliphatic carbocycles. The molecule has 0 radical (unpaired) electrons. The Balaban J connectivity index is 1.68. The van der Waals surface area contributed by atoms with Gasteiger partial charge < -0.3 is 4.42 Å². The lowest BCUT2D eigenvalue weighted by atomic mass is 10.0. The molecule has 0 aliphatic heterocycles. The maximum atomic E-state index is 5.70. The number of thiophene rings is 1. The van der Waals surface area contributed by atoms with Gasteiger partial charge in [-0.25, -0.2) is 0 Å². The highest BCUT2D eigenvalue weighted by molar-refractivity contribution is 7.17. The number of furan rings is 1. The van der Waals surface area contributed by atoms with Gasteiger partial charge in [0.15, 0.2) is 0 Å². The van der Waals surface area contributed by atoms with Crippen LogP contribution in [0, 0.1) is 0 Å². The number of nitrogens with one attached hydrogen (secondary N) is 1. The van der Waals surface area contributed by atoms with E-state index in [1.54, 1.807) is 17.6 Å². The summed E-state index contributed by atoms with van der Waals surface area (Å²) >= 11 is 1.80. The Morgan fingerprint density at radius 2 is 2.10 bits per heavy atom. The van der Waals surface area contributed by atoms with Crippen LogP contribution < -0.4 is 11.3 Å². The van der Waals surface area contributed by atoms with Gasteiger partial charge in [0.2, 0.25) is 0 Å². The molecule has 1 unspecified atom stereocenters. The SMILES string of the molecule is NNC(CCc1ccco1)Cc1csc2ccccc12. The highest BCUT2D eigenvalue weighted by Crippen LogP contribution is 2.27. The highest BCUT2D eigenvalue weighted by Gasteiger charge is 2.12. The van der Waals surface area contributed by atoms with E-state index in [0.717, 1.165) is 25.0 Å². The summed E-state index contributed by atoms with van der Waals surface area (Å²) in [6.45, 7) is 0. The van der Waals surface area contributed by atoms with E-state index in [-0.39, 0.29) is 6.04 Å². The molecule has 0 bridgehead atoms. The Bertz CT molecular complexity index is 660. The molecule has 1 aromatic carbocycles. The molecule has 20 heavy (non-hydrogen) atoms. The molecular formula is C16H18N2OS. The Morgan fingerprint density at radius 1 is 1.20 bits per heavy atom. The molecule has 3 rings (SSSR count). The Morgan fingerprint density at radius 3 is 2.90 bits per heavy atom. The summed E-state index contributed by atoms with van der Waals surface area (Å²) in [7, 11) is 0. The summed E-state index contributed by atoms with van der Waals surface area (Å²) in [6, 6.07) is 12.7. The number of hydrazine groups is 1. The normalized spacial score (nSPS) is 12.8. The van der Waals surface area contributed by atoms with Gasteiger partial charge in [-0.3, -0.25) is 11.3 Å². The molecule has 3 aromatic rings. The van der Waals surface area contributed by atoms with Gasteiger partial charge in [-0.15, -0.1) is 11.3 Å². The number of hydrogen-bond donors (Lipinski definition) is 2. The smallest absolute Gasteiger partial charge is 0.103 e. The molecule has 3 N–H and O–H groups in total. The molecule has 0 amide bonds. The zero-order valence-electron chi connectivity index (χ0n) is 11.2. The molecule has 2 heterocycles.